The molecule has 1 atom stereocenters. The minimum absolute atomic E-state index is 0.304. The van der Waals surface area contributed by atoms with E-state index in [1.807, 2.05) is 18.2 Å². The molecule has 0 bridgehead atoms. The number of benzene rings is 1. The molecule has 3 nitrogen and oxygen atoms in total. The molecule has 0 amide bonds. The Kier molecular flexibility index (Phi) is 2.82. The summed E-state index contributed by atoms with van der Waals surface area (Å²) in [6, 6.07) is 8.64. The molecule has 0 aromatic heterocycles. The van der Waals surface area contributed by atoms with Crippen molar-refractivity contribution < 1.29 is 15.3 Å². The standard InChI is InChI=1S/C9H11NO2/c1-7(10)9(11)12-8-5-3-2-4-6-8/h2-7H,10H2,1H3/p+1. The van der Waals surface area contributed by atoms with E-state index >= 15 is 0 Å². The highest BCUT2D eigenvalue weighted by molar-refractivity contribution is 5.76. The molecule has 1 aromatic carbocycles. The maximum Gasteiger partial charge on any atom is 0.369 e. The highest BCUT2D eigenvalue weighted by Crippen LogP contribution is 2.08. The van der Waals surface area contributed by atoms with Gasteiger partial charge >= 0.3 is 5.97 Å². The van der Waals surface area contributed by atoms with Gasteiger partial charge in [0.15, 0.2) is 6.04 Å². The Labute approximate surface area is 71.1 Å². The number of carbonyl (C=O) groups excluding carboxylic acids is 1. The molecule has 3 N–H and O–H groups in total. The first-order valence-corrected chi connectivity index (χ1v) is 3.80. The lowest BCUT2D eigenvalue weighted by Crippen LogP contribution is -2.64. The van der Waals surface area contributed by atoms with Gasteiger partial charge in [-0.3, -0.25) is 0 Å². The van der Waals surface area contributed by atoms with Crippen LogP contribution in [0, 0.1) is 0 Å². The van der Waals surface area contributed by atoms with Gasteiger partial charge in [0.1, 0.15) is 5.75 Å². The number of hydrogen-bond acceptors (Lipinski definition) is 2. The number of esters is 1. The summed E-state index contributed by atoms with van der Waals surface area (Å²) < 4.78 is 4.97. The number of carbonyl (C=O) groups is 1. The minimum Gasteiger partial charge on any atom is -0.422 e. The SMILES string of the molecule is CC([NH3+])C(=O)Oc1ccccc1. The summed E-state index contributed by atoms with van der Waals surface area (Å²) in [5, 5.41) is 0. The fraction of sp³-hybridized carbons (Fsp3) is 0.222. The third-order valence-corrected chi connectivity index (χ3v) is 1.36. The van der Waals surface area contributed by atoms with E-state index < -0.39 is 0 Å². The Morgan fingerprint density at radius 1 is 1.42 bits per heavy atom. The molecule has 0 saturated heterocycles. The van der Waals surface area contributed by atoms with Crippen molar-refractivity contribution in [3.63, 3.8) is 0 Å². The van der Waals surface area contributed by atoms with Gasteiger partial charge in [-0.25, -0.2) is 4.79 Å². The summed E-state index contributed by atoms with van der Waals surface area (Å²) >= 11 is 0. The van der Waals surface area contributed by atoms with Crippen molar-refractivity contribution in [2.45, 2.75) is 13.0 Å². The molecule has 64 valence electrons. The average molecular weight is 166 g/mol. The first-order valence-electron chi connectivity index (χ1n) is 3.80. The lowest BCUT2D eigenvalue weighted by molar-refractivity contribution is -0.401. The van der Waals surface area contributed by atoms with Crippen LogP contribution in [0.15, 0.2) is 30.3 Å². The summed E-state index contributed by atoms with van der Waals surface area (Å²) in [6.45, 7) is 1.70. The van der Waals surface area contributed by atoms with Crippen molar-refractivity contribution >= 4 is 5.97 Å². The number of quaternary nitrogens is 1. The Balaban J connectivity index is 2.59. The Morgan fingerprint density at radius 3 is 2.50 bits per heavy atom. The van der Waals surface area contributed by atoms with Gasteiger partial charge in [0, 0.05) is 0 Å². The largest absolute Gasteiger partial charge is 0.422 e. The molecule has 0 heterocycles. The third kappa shape index (κ3) is 2.36. The number of ether oxygens (including phenoxy) is 1. The van der Waals surface area contributed by atoms with E-state index in [0.717, 1.165) is 0 Å². The molecule has 0 fully saturated rings. The number of hydrogen-bond donors (Lipinski definition) is 1. The first-order chi connectivity index (χ1) is 5.70. The van der Waals surface area contributed by atoms with Crippen LogP contribution in [0.1, 0.15) is 6.92 Å². The highest BCUT2D eigenvalue weighted by atomic mass is 16.5. The van der Waals surface area contributed by atoms with Crippen LogP contribution in [0.25, 0.3) is 0 Å². The van der Waals surface area contributed by atoms with Crippen LogP contribution in [-0.2, 0) is 4.79 Å². The normalized spacial score (nSPS) is 12.2. The molecule has 0 radical (unpaired) electrons. The Hall–Kier alpha value is -1.35. The average Bonchev–Trinajstić information content (AvgIpc) is 2.06. The van der Waals surface area contributed by atoms with Gasteiger partial charge < -0.3 is 10.5 Å². The van der Waals surface area contributed by atoms with Gasteiger partial charge in [-0.2, -0.15) is 0 Å². The Bertz CT molecular complexity index is 256. The van der Waals surface area contributed by atoms with E-state index in [2.05, 4.69) is 5.73 Å². The molecule has 1 aromatic rings. The number of rotatable bonds is 2. The number of para-hydroxylation sites is 1. The third-order valence-electron chi connectivity index (χ3n) is 1.36. The van der Waals surface area contributed by atoms with Gasteiger partial charge in [-0.15, -0.1) is 0 Å². The first kappa shape index (κ1) is 8.74. The molecule has 0 aliphatic carbocycles. The maximum absolute atomic E-state index is 11.0. The van der Waals surface area contributed by atoms with E-state index in [9.17, 15) is 4.79 Å². The predicted octanol–water partition coefficient (Wildman–Crippen LogP) is 0.222. The fourth-order valence-corrected chi connectivity index (χ4v) is 0.705. The van der Waals surface area contributed by atoms with Crippen LogP contribution >= 0.6 is 0 Å². The van der Waals surface area contributed by atoms with Gasteiger partial charge in [-0.1, -0.05) is 18.2 Å². The van der Waals surface area contributed by atoms with E-state index in [1.54, 1.807) is 19.1 Å². The van der Waals surface area contributed by atoms with Crippen LogP contribution in [0.5, 0.6) is 5.75 Å². The molecular weight excluding hydrogens is 154 g/mol. The molecule has 3 heteroatoms. The van der Waals surface area contributed by atoms with E-state index in [4.69, 9.17) is 4.74 Å². The summed E-state index contributed by atoms with van der Waals surface area (Å²) in [4.78, 5) is 11.0. The molecule has 1 unspecified atom stereocenters. The van der Waals surface area contributed by atoms with Crippen LogP contribution < -0.4 is 10.5 Å². The van der Waals surface area contributed by atoms with Gasteiger partial charge in [0.2, 0.25) is 0 Å². The topological polar surface area (TPSA) is 53.9 Å². The van der Waals surface area contributed by atoms with Crippen molar-refractivity contribution in [3.8, 4) is 5.75 Å². The lowest BCUT2D eigenvalue weighted by Gasteiger charge is -2.03. The molecule has 0 aliphatic rings. The second kappa shape index (κ2) is 3.88. The smallest absolute Gasteiger partial charge is 0.369 e. The zero-order chi connectivity index (χ0) is 8.97. The summed E-state index contributed by atoms with van der Waals surface area (Å²) in [5.41, 5.74) is 3.56. The van der Waals surface area contributed by atoms with Crippen molar-refractivity contribution in [1.82, 2.24) is 0 Å². The lowest BCUT2D eigenvalue weighted by atomic mass is 10.3. The second-order valence-corrected chi connectivity index (χ2v) is 2.64. The van der Waals surface area contributed by atoms with Crippen molar-refractivity contribution in [1.29, 1.82) is 0 Å². The van der Waals surface area contributed by atoms with Crippen LogP contribution in [0.3, 0.4) is 0 Å². The summed E-state index contributed by atoms with van der Waals surface area (Å²) in [7, 11) is 0. The highest BCUT2D eigenvalue weighted by Gasteiger charge is 2.12. The quantitative estimate of drug-likeness (QED) is 0.505. The van der Waals surface area contributed by atoms with E-state index in [1.165, 1.54) is 0 Å². The van der Waals surface area contributed by atoms with Gasteiger partial charge in [0.25, 0.3) is 0 Å². The molecule has 0 aliphatic heterocycles. The molecule has 0 spiro atoms. The van der Waals surface area contributed by atoms with Crippen LogP contribution in [0.4, 0.5) is 0 Å². The van der Waals surface area contributed by atoms with Crippen molar-refractivity contribution in [3.05, 3.63) is 30.3 Å². The van der Waals surface area contributed by atoms with E-state index in [-0.39, 0.29) is 12.0 Å². The van der Waals surface area contributed by atoms with Crippen LogP contribution in [-0.4, -0.2) is 12.0 Å². The molecule has 0 saturated carbocycles. The monoisotopic (exact) mass is 166 g/mol. The molecular formula is C9H12NO2+. The Morgan fingerprint density at radius 2 is 2.00 bits per heavy atom. The van der Waals surface area contributed by atoms with Crippen LogP contribution in [0.2, 0.25) is 0 Å². The van der Waals surface area contributed by atoms with Gasteiger partial charge in [0.05, 0.1) is 0 Å². The minimum atomic E-state index is -0.329. The van der Waals surface area contributed by atoms with Gasteiger partial charge in [-0.05, 0) is 19.1 Å². The zero-order valence-corrected chi connectivity index (χ0v) is 6.99. The molecule has 12 heavy (non-hydrogen) atoms. The maximum atomic E-state index is 11.0. The van der Waals surface area contributed by atoms with Crippen molar-refractivity contribution in [2.75, 3.05) is 0 Å². The van der Waals surface area contributed by atoms with E-state index in [0.29, 0.717) is 5.75 Å². The van der Waals surface area contributed by atoms with Crippen molar-refractivity contribution in [2.24, 2.45) is 0 Å². The molecule has 1 rings (SSSR count). The zero-order valence-electron chi connectivity index (χ0n) is 6.99. The second-order valence-electron chi connectivity index (χ2n) is 2.64. The summed E-state index contributed by atoms with van der Waals surface area (Å²) in [6.07, 6.45) is 0. The fourth-order valence-electron chi connectivity index (χ4n) is 0.705. The summed E-state index contributed by atoms with van der Waals surface area (Å²) in [5.74, 6) is 0.263. The predicted molar refractivity (Wildman–Crippen MR) is 44.4 cm³/mol.